The third kappa shape index (κ3) is 3.18. The van der Waals surface area contributed by atoms with Gasteiger partial charge in [-0.1, -0.05) is 55.3 Å². The van der Waals surface area contributed by atoms with E-state index >= 15 is 0 Å². The smallest absolute Gasteiger partial charge is 0.320 e. The molecule has 2 aliphatic rings. The highest BCUT2D eigenvalue weighted by molar-refractivity contribution is 5.74. The molecule has 3 atom stereocenters. The Morgan fingerprint density at radius 1 is 1.24 bits per heavy atom. The largest absolute Gasteiger partial charge is 0.480 e. The Labute approximate surface area is 126 Å². The molecule has 1 N–H and O–H groups in total. The summed E-state index contributed by atoms with van der Waals surface area (Å²) < 4.78 is 0. The van der Waals surface area contributed by atoms with Crippen LogP contribution in [-0.4, -0.2) is 34.6 Å². The third-order valence-electron chi connectivity index (χ3n) is 4.93. The predicted molar refractivity (Wildman–Crippen MR) is 84.0 cm³/mol. The predicted octanol–water partition coefficient (Wildman–Crippen LogP) is 3.42. The summed E-state index contributed by atoms with van der Waals surface area (Å²) in [6, 6.07) is 10.4. The van der Waals surface area contributed by atoms with Crippen molar-refractivity contribution in [3.05, 3.63) is 42.0 Å². The fourth-order valence-corrected chi connectivity index (χ4v) is 3.93. The van der Waals surface area contributed by atoms with Crippen molar-refractivity contribution < 1.29 is 9.90 Å². The van der Waals surface area contributed by atoms with Gasteiger partial charge in [0, 0.05) is 12.6 Å². The third-order valence-corrected chi connectivity index (χ3v) is 4.93. The lowest BCUT2D eigenvalue weighted by Crippen LogP contribution is -2.42. The second-order valence-electron chi connectivity index (χ2n) is 6.21. The van der Waals surface area contributed by atoms with Crippen molar-refractivity contribution in [1.29, 1.82) is 0 Å². The van der Waals surface area contributed by atoms with Crippen LogP contribution < -0.4 is 0 Å². The number of nitrogens with zero attached hydrogens (tertiary/aromatic N) is 1. The number of carboxylic acid groups (broad SMARTS) is 1. The average Bonchev–Trinajstić information content (AvgIpc) is 2.88. The van der Waals surface area contributed by atoms with E-state index in [9.17, 15) is 9.90 Å². The monoisotopic (exact) mass is 285 g/mol. The van der Waals surface area contributed by atoms with E-state index in [1.165, 1.54) is 24.8 Å². The maximum absolute atomic E-state index is 11.5. The number of benzene rings is 1. The molecule has 1 saturated carbocycles. The number of fused-ring (bicyclic) bond motifs is 1. The lowest BCUT2D eigenvalue weighted by molar-refractivity contribution is -0.142. The summed E-state index contributed by atoms with van der Waals surface area (Å²) in [5.74, 6) is -0.0671. The molecule has 1 aliphatic carbocycles. The fourth-order valence-electron chi connectivity index (χ4n) is 3.93. The second kappa shape index (κ2) is 6.44. The molecule has 3 rings (SSSR count). The Morgan fingerprint density at radius 3 is 2.76 bits per heavy atom. The molecule has 21 heavy (non-hydrogen) atoms. The van der Waals surface area contributed by atoms with E-state index in [0.29, 0.717) is 12.0 Å². The fraction of sp³-hybridized carbons (Fsp3) is 0.500. The van der Waals surface area contributed by atoms with Crippen LogP contribution in [0.3, 0.4) is 0 Å². The van der Waals surface area contributed by atoms with E-state index in [-0.39, 0.29) is 6.04 Å². The Morgan fingerprint density at radius 2 is 2.00 bits per heavy atom. The van der Waals surface area contributed by atoms with Gasteiger partial charge in [0.1, 0.15) is 6.04 Å². The molecule has 0 spiro atoms. The Hall–Kier alpha value is -1.61. The minimum atomic E-state index is -0.655. The van der Waals surface area contributed by atoms with E-state index in [2.05, 4.69) is 29.2 Å². The first-order valence-corrected chi connectivity index (χ1v) is 7.96. The zero-order valence-electron chi connectivity index (χ0n) is 12.3. The van der Waals surface area contributed by atoms with E-state index in [1.54, 1.807) is 0 Å². The first-order valence-electron chi connectivity index (χ1n) is 7.96. The van der Waals surface area contributed by atoms with Crippen LogP contribution in [-0.2, 0) is 4.79 Å². The molecule has 0 radical (unpaired) electrons. The number of hydrogen-bond acceptors (Lipinski definition) is 2. The lowest BCUT2D eigenvalue weighted by atomic mass is 9.85. The first-order chi connectivity index (χ1) is 10.3. The van der Waals surface area contributed by atoms with Crippen molar-refractivity contribution in [1.82, 2.24) is 4.90 Å². The van der Waals surface area contributed by atoms with Crippen LogP contribution in [0.15, 0.2) is 36.4 Å². The van der Waals surface area contributed by atoms with Crippen molar-refractivity contribution in [2.24, 2.45) is 5.92 Å². The molecule has 1 aromatic carbocycles. The maximum atomic E-state index is 11.5. The summed E-state index contributed by atoms with van der Waals surface area (Å²) in [4.78, 5) is 13.7. The molecular formula is C18H23NO2. The highest BCUT2D eigenvalue weighted by Crippen LogP contribution is 2.39. The zero-order chi connectivity index (χ0) is 14.7. The van der Waals surface area contributed by atoms with Crippen molar-refractivity contribution in [2.75, 3.05) is 6.54 Å². The van der Waals surface area contributed by atoms with Crippen molar-refractivity contribution >= 4 is 12.0 Å². The van der Waals surface area contributed by atoms with Crippen molar-refractivity contribution in [3.63, 3.8) is 0 Å². The number of likely N-dealkylation sites (tertiary alicyclic amines) is 1. The average molecular weight is 285 g/mol. The van der Waals surface area contributed by atoms with Crippen molar-refractivity contribution in [3.8, 4) is 0 Å². The van der Waals surface area contributed by atoms with Gasteiger partial charge in [0.2, 0.25) is 0 Å². The Bertz CT molecular complexity index is 511. The highest BCUT2D eigenvalue weighted by atomic mass is 16.4. The highest BCUT2D eigenvalue weighted by Gasteiger charge is 2.44. The first kappa shape index (κ1) is 14.3. The van der Waals surface area contributed by atoms with Gasteiger partial charge in [-0.2, -0.15) is 0 Å². The minimum Gasteiger partial charge on any atom is -0.480 e. The number of carbonyl (C=O) groups is 1. The van der Waals surface area contributed by atoms with Gasteiger partial charge in [-0.05, 0) is 30.7 Å². The van der Waals surface area contributed by atoms with Gasteiger partial charge in [0.05, 0.1) is 0 Å². The van der Waals surface area contributed by atoms with Crippen LogP contribution >= 0.6 is 0 Å². The van der Waals surface area contributed by atoms with Gasteiger partial charge in [0.25, 0.3) is 0 Å². The maximum Gasteiger partial charge on any atom is 0.320 e. The lowest BCUT2D eigenvalue weighted by Gasteiger charge is -2.32. The summed E-state index contributed by atoms with van der Waals surface area (Å²) in [5.41, 5.74) is 1.17. The topological polar surface area (TPSA) is 40.5 Å². The molecule has 3 heteroatoms. The van der Waals surface area contributed by atoms with Gasteiger partial charge < -0.3 is 5.11 Å². The molecule has 0 unspecified atom stereocenters. The molecule has 1 heterocycles. The SMILES string of the molecule is O=C(O)[C@@H]1C[C@@H]2CCCC[C@@H]2N1C/C=C/c1ccccc1. The number of carboxylic acids is 1. The van der Waals surface area contributed by atoms with Crippen LogP contribution in [0.5, 0.6) is 0 Å². The summed E-state index contributed by atoms with van der Waals surface area (Å²) in [7, 11) is 0. The molecule has 0 aromatic heterocycles. The van der Waals surface area contributed by atoms with Crippen LogP contribution in [0, 0.1) is 5.92 Å². The van der Waals surface area contributed by atoms with Crippen LogP contribution in [0.1, 0.15) is 37.7 Å². The molecular weight excluding hydrogens is 262 g/mol. The molecule has 1 aliphatic heterocycles. The zero-order valence-corrected chi connectivity index (χ0v) is 12.3. The van der Waals surface area contributed by atoms with Crippen molar-refractivity contribution in [2.45, 2.75) is 44.2 Å². The molecule has 0 bridgehead atoms. The van der Waals surface area contributed by atoms with Gasteiger partial charge in [-0.15, -0.1) is 0 Å². The molecule has 1 aromatic rings. The summed E-state index contributed by atoms with van der Waals surface area (Å²) >= 11 is 0. The second-order valence-corrected chi connectivity index (χ2v) is 6.21. The number of rotatable bonds is 4. The van der Waals surface area contributed by atoms with E-state index in [1.807, 2.05) is 18.2 Å². The molecule has 112 valence electrons. The molecule has 1 saturated heterocycles. The Balaban J connectivity index is 1.69. The van der Waals surface area contributed by atoms with Gasteiger partial charge >= 0.3 is 5.97 Å². The van der Waals surface area contributed by atoms with E-state index in [0.717, 1.165) is 19.4 Å². The van der Waals surface area contributed by atoms with Gasteiger partial charge in [0.15, 0.2) is 0 Å². The van der Waals surface area contributed by atoms with Crippen LogP contribution in [0.25, 0.3) is 6.08 Å². The Kier molecular flexibility index (Phi) is 4.39. The minimum absolute atomic E-state index is 0.293. The number of hydrogen-bond donors (Lipinski definition) is 1. The standard InChI is InChI=1S/C18H23NO2/c20-18(21)17-13-15-10-4-5-11-16(15)19(17)12-6-9-14-7-2-1-3-8-14/h1-3,6-9,15-17H,4-5,10-13H2,(H,20,21)/b9-6+/t15-,16-,17-/m0/s1. The summed E-state index contributed by atoms with van der Waals surface area (Å²) in [5, 5.41) is 9.48. The van der Waals surface area contributed by atoms with Gasteiger partial charge in [-0.3, -0.25) is 9.69 Å². The normalized spacial score (nSPS) is 29.6. The molecule has 2 fully saturated rings. The summed E-state index contributed by atoms with van der Waals surface area (Å²) in [6.45, 7) is 0.743. The molecule has 3 nitrogen and oxygen atoms in total. The van der Waals surface area contributed by atoms with Gasteiger partial charge in [-0.25, -0.2) is 0 Å². The summed E-state index contributed by atoms with van der Waals surface area (Å²) in [6.07, 6.45) is 9.91. The molecule has 0 amide bonds. The van der Waals surface area contributed by atoms with Crippen LogP contribution in [0.2, 0.25) is 0 Å². The van der Waals surface area contributed by atoms with Crippen LogP contribution in [0.4, 0.5) is 0 Å². The number of aliphatic carboxylic acids is 1. The quantitative estimate of drug-likeness (QED) is 0.921. The van der Waals surface area contributed by atoms with E-state index < -0.39 is 5.97 Å². The van der Waals surface area contributed by atoms with E-state index in [4.69, 9.17) is 0 Å².